The smallest absolute Gasteiger partial charge is 0.0529 e. The Kier molecular flexibility index (Phi) is 8.63. The Balaban J connectivity index is 1.83. The van der Waals surface area contributed by atoms with Crippen LogP contribution in [0.15, 0.2) is 34.3 Å². The van der Waals surface area contributed by atoms with Gasteiger partial charge in [-0.2, -0.15) is 0 Å². The molecule has 146 valence electrons. The number of hydrogen-bond donors (Lipinski definition) is 0. The van der Waals surface area contributed by atoms with E-state index in [4.69, 9.17) is 0 Å². The van der Waals surface area contributed by atoms with Crippen LogP contribution in [0.25, 0.3) is 20.2 Å². The second kappa shape index (κ2) is 11.2. The lowest BCUT2D eigenvalue weighted by Gasteiger charge is -2.09. The van der Waals surface area contributed by atoms with Gasteiger partial charge in [0.05, 0.1) is 4.88 Å². The monoisotopic (exact) mass is 416 g/mol. The molecule has 0 saturated heterocycles. The van der Waals surface area contributed by atoms with Crippen molar-refractivity contribution in [2.24, 2.45) is 0 Å². The third-order valence-electron chi connectivity index (χ3n) is 5.22. The topological polar surface area (TPSA) is 0 Å². The Morgan fingerprint density at radius 2 is 1.48 bits per heavy atom. The van der Waals surface area contributed by atoms with Gasteiger partial charge in [-0.25, -0.2) is 0 Å². The van der Waals surface area contributed by atoms with E-state index >= 15 is 0 Å². The molecule has 3 heterocycles. The highest BCUT2D eigenvalue weighted by molar-refractivity contribution is 7.21. The van der Waals surface area contributed by atoms with Gasteiger partial charge in [0.1, 0.15) is 0 Å². The molecule has 0 saturated carbocycles. The van der Waals surface area contributed by atoms with Crippen LogP contribution in [0.2, 0.25) is 0 Å². The highest BCUT2D eigenvalue weighted by atomic mass is 32.1. The first-order valence-corrected chi connectivity index (χ1v) is 13.2. The van der Waals surface area contributed by atoms with Crippen molar-refractivity contribution < 1.29 is 0 Å². The van der Waals surface area contributed by atoms with Crippen LogP contribution in [0.1, 0.15) is 76.3 Å². The van der Waals surface area contributed by atoms with Crippen molar-refractivity contribution in [2.45, 2.75) is 78.1 Å². The maximum Gasteiger partial charge on any atom is 0.0529 e. The maximum absolute atomic E-state index is 2.46. The highest BCUT2D eigenvalue weighted by Crippen LogP contribution is 2.44. The average Bonchev–Trinajstić information content (AvgIpc) is 3.42. The number of unbranched alkanes of at least 4 members (excludes halogenated alkanes) is 6. The molecule has 0 radical (unpaired) electrons. The van der Waals surface area contributed by atoms with Crippen LogP contribution < -0.4 is 0 Å². The number of thiophene rings is 3. The van der Waals surface area contributed by atoms with Gasteiger partial charge < -0.3 is 0 Å². The summed E-state index contributed by atoms with van der Waals surface area (Å²) in [5, 5.41) is 6.93. The van der Waals surface area contributed by atoms with Gasteiger partial charge in [-0.15, -0.1) is 34.0 Å². The molecule has 0 bridgehead atoms. The van der Waals surface area contributed by atoms with E-state index in [0.717, 1.165) is 0 Å². The molecule has 3 aromatic heterocycles. The summed E-state index contributed by atoms with van der Waals surface area (Å²) in [5.74, 6) is 0. The lowest BCUT2D eigenvalue weighted by molar-refractivity contribution is 0.652. The summed E-state index contributed by atoms with van der Waals surface area (Å²) in [6.45, 7) is 4.60. The van der Waals surface area contributed by atoms with Crippen molar-refractivity contribution >= 4 is 34.0 Å². The van der Waals surface area contributed by atoms with Gasteiger partial charge in [-0.1, -0.05) is 58.4 Å². The predicted octanol–water partition coefficient (Wildman–Crippen LogP) is 9.45. The van der Waals surface area contributed by atoms with Gasteiger partial charge in [0.25, 0.3) is 0 Å². The fourth-order valence-electron chi connectivity index (χ4n) is 3.69. The van der Waals surface area contributed by atoms with E-state index in [2.05, 4.69) is 48.2 Å². The summed E-state index contributed by atoms with van der Waals surface area (Å²) in [5.41, 5.74) is 4.76. The van der Waals surface area contributed by atoms with Crippen molar-refractivity contribution in [3.63, 3.8) is 0 Å². The fraction of sp³-hybridized carbons (Fsp3) is 0.500. The predicted molar refractivity (Wildman–Crippen MR) is 127 cm³/mol. The van der Waals surface area contributed by atoms with Crippen LogP contribution in [-0.4, -0.2) is 0 Å². The van der Waals surface area contributed by atoms with Crippen molar-refractivity contribution in [1.29, 1.82) is 0 Å². The molecule has 3 aromatic rings. The molecule has 0 aromatic carbocycles. The van der Waals surface area contributed by atoms with Crippen LogP contribution in [0.3, 0.4) is 0 Å². The van der Waals surface area contributed by atoms with E-state index in [9.17, 15) is 0 Å². The molecule has 27 heavy (non-hydrogen) atoms. The molecule has 0 unspecified atom stereocenters. The first-order valence-electron chi connectivity index (χ1n) is 10.6. The minimum atomic E-state index is 1.25. The fourth-order valence-corrected chi connectivity index (χ4v) is 6.73. The van der Waals surface area contributed by atoms with Crippen LogP contribution in [0, 0.1) is 0 Å². The Labute approximate surface area is 177 Å². The van der Waals surface area contributed by atoms with Gasteiger partial charge in [0.15, 0.2) is 0 Å². The third kappa shape index (κ3) is 5.56. The van der Waals surface area contributed by atoms with Crippen molar-refractivity contribution in [1.82, 2.24) is 0 Å². The minimum absolute atomic E-state index is 1.25. The Hall–Kier alpha value is -0.900. The average molecular weight is 417 g/mol. The molecule has 0 nitrogen and oxygen atoms in total. The summed E-state index contributed by atoms with van der Waals surface area (Å²) < 4.78 is 0. The Morgan fingerprint density at radius 3 is 2.19 bits per heavy atom. The first-order chi connectivity index (χ1) is 13.3. The van der Waals surface area contributed by atoms with Crippen molar-refractivity contribution in [2.75, 3.05) is 0 Å². The van der Waals surface area contributed by atoms with Crippen LogP contribution in [-0.2, 0) is 12.8 Å². The van der Waals surface area contributed by atoms with E-state index in [1.165, 1.54) is 79.5 Å². The molecule has 0 atom stereocenters. The first kappa shape index (κ1) is 20.8. The summed E-state index contributed by atoms with van der Waals surface area (Å²) in [6, 6.07) is 6.78. The molecule has 0 N–H and O–H groups in total. The second-order valence-electron chi connectivity index (χ2n) is 7.33. The van der Waals surface area contributed by atoms with Gasteiger partial charge in [-0.05, 0) is 65.1 Å². The van der Waals surface area contributed by atoms with Crippen LogP contribution in [0.4, 0.5) is 0 Å². The van der Waals surface area contributed by atoms with E-state index in [-0.39, 0.29) is 0 Å². The lowest BCUT2D eigenvalue weighted by Crippen LogP contribution is -1.94. The normalized spacial score (nSPS) is 11.3. The van der Waals surface area contributed by atoms with E-state index in [1.807, 2.05) is 34.0 Å². The van der Waals surface area contributed by atoms with Gasteiger partial charge >= 0.3 is 0 Å². The zero-order chi connectivity index (χ0) is 18.9. The summed E-state index contributed by atoms with van der Waals surface area (Å²) >= 11 is 5.74. The number of rotatable bonds is 12. The zero-order valence-corrected chi connectivity index (χ0v) is 19.2. The minimum Gasteiger partial charge on any atom is -0.143 e. The molecule has 3 rings (SSSR count). The Morgan fingerprint density at radius 1 is 0.704 bits per heavy atom. The quantitative estimate of drug-likeness (QED) is 0.258. The van der Waals surface area contributed by atoms with Crippen molar-refractivity contribution in [3.8, 4) is 20.2 Å². The van der Waals surface area contributed by atoms with Gasteiger partial charge in [0, 0.05) is 15.3 Å². The van der Waals surface area contributed by atoms with Crippen LogP contribution in [0.5, 0.6) is 0 Å². The van der Waals surface area contributed by atoms with E-state index in [0.29, 0.717) is 0 Å². The molecular weight excluding hydrogens is 384 g/mol. The number of aryl methyl sites for hydroxylation is 1. The molecule has 0 amide bonds. The SMILES string of the molecule is CCCCCCc1csc(-c2ccsc2-c2cccs2)c1CCCCCC. The van der Waals surface area contributed by atoms with Crippen LogP contribution >= 0.6 is 34.0 Å². The van der Waals surface area contributed by atoms with Gasteiger partial charge in [0.2, 0.25) is 0 Å². The highest BCUT2D eigenvalue weighted by Gasteiger charge is 2.18. The maximum atomic E-state index is 2.46. The largest absolute Gasteiger partial charge is 0.143 e. The Bertz CT molecular complexity index is 777. The van der Waals surface area contributed by atoms with E-state index < -0.39 is 0 Å². The lowest BCUT2D eigenvalue weighted by atomic mass is 9.96. The summed E-state index contributed by atoms with van der Waals surface area (Å²) in [6.07, 6.45) is 13.3. The zero-order valence-electron chi connectivity index (χ0n) is 16.8. The molecule has 0 aliphatic carbocycles. The molecule has 3 heteroatoms. The third-order valence-corrected chi connectivity index (χ3v) is 8.28. The molecule has 0 aliphatic rings. The van der Waals surface area contributed by atoms with E-state index in [1.54, 1.807) is 16.0 Å². The molecule has 0 fully saturated rings. The molecule has 0 spiro atoms. The number of hydrogen-bond acceptors (Lipinski definition) is 3. The molecule has 0 aliphatic heterocycles. The standard InChI is InChI=1S/C24H32S3/c1-3-5-7-9-12-19-18-27-23(20(19)13-10-8-6-4-2)21-15-17-26-24(21)22-14-11-16-25-22/h11,14-18H,3-10,12-13H2,1-2H3. The van der Waals surface area contributed by atoms with Crippen molar-refractivity contribution in [3.05, 3.63) is 45.5 Å². The summed E-state index contributed by atoms with van der Waals surface area (Å²) in [4.78, 5) is 4.41. The van der Waals surface area contributed by atoms with Gasteiger partial charge in [-0.3, -0.25) is 0 Å². The summed E-state index contributed by atoms with van der Waals surface area (Å²) in [7, 11) is 0. The second-order valence-corrected chi connectivity index (χ2v) is 10.1. The molecular formula is C24H32S3.